The van der Waals surface area contributed by atoms with Crippen molar-refractivity contribution in [1.82, 2.24) is 20.1 Å². The fourth-order valence-electron chi connectivity index (χ4n) is 1.98. The molecule has 0 saturated carbocycles. The van der Waals surface area contributed by atoms with Gasteiger partial charge in [-0.25, -0.2) is 9.67 Å². The van der Waals surface area contributed by atoms with E-state index < -0.39 is 0 Å². The van der Waals surface area contributed by atoms with Crippen LogP contribution in [0.2, 0.25) is 5.02 Å². The number of pyridine rings is 1. The second-order valence-corrected chi connectivity index (χ2v) is 6.37. The van der Waals surface area contributed by atoms with Crippen molar-refractivity contribution in [3.8, 4) is 5.82 Å². The van der Waals surface area contributed by atoms with Crippen molar-refractivity contribution >= 4 is 11.6 Å². The second-order valence-electron chi connectivity index (χ2n) is 5.96. The Labute approximate surface area is 131 Å². The molecule has 4 nitrogen and oxygen atoms in total. The molecule has 0 aromatic carbocycles. The minimum absolute atomic E-state index is 0.408. The molecule has 0 radical (unpaired) electrons. The van der Waals surface area contributed by atoms with Gasteiger partial charge in [0.05, 0.1) is 16.4 Å². The molecule has 1 N–H and O–H groups in total. The lowest BCUT2D eigenvalue weighted by molar-refractivity contribution is 0.547. The van der Waals surface area contributed by atoms with Crippen molar-refractivity contribution < 1.29 is 0 Å². The number of nitrogens with zero attached hydrogens (tertiary/aromatic N) is 3. The van der Waals surface area contributed by atoms with Crippen LogP contribution in [0, 0.1) is 5.92 Å². The van der Waals surface area contributed by atoms with Crippen LogP contribution in [0.1, 0.15) is 45.0 Å². The Morgan fingerprint density at radius 3 is 2.57 bits per heavy atom. The van der Waals surface area contributed by atoms with Gasteiger partial charge in [-0.05, 0) is 36.6 Å². The first-order valence-corrected chi connectivity index (χ1v) is 7.77. The first-order valence-electron chi connectivity index (χ1n) is 7.39. The molecule has 0 atom stereocenters. The van der Waals surface area contributed by atoms with E-state index in [1.807, 2.05) is 24.4 Å². The van der Waals surface area contributed by atoms with Gasteiger partial charge in [0.2, 0.25) is 0 Å². The van der Waals surface area contributed by atoms with Crippen LogP contribution in [0.25, 0.3) is 5.82 Å². The summed E-state index contributed by atoms with van der Waals surface area (Å²) >= 11 is 6.22. The number of nitrogens with one attached hydrogen (secondary N) is 1. The summed E-state index contributed by atoms with van der Waals surface area (Å²) in [4.78, 5) is 4.62. The summed E-state index contributed by atoms with van der Waals surface area (Å²) in [6, 6.07) is 5.80. The second kappa shape index (κ2) is 7.05. The summed E-state index contributed by atoms with van der Waals surface area (Å²) in [5.41, 5.74) is 1.92. The molecule has 0 amide bonds. The fourth-order valence-corrected chi connectivity index (χ4v) is 2.15. The quantitative estimate of drug-likeness (QED) is 0.883. The lowest BCUT2D eigenvalue weighted by Gasteiger charge is -2.10. The van der Waals surface area contributed by atoms with E-state index in [0.29, 0.717) is 23.4 Å². The topological polar surface area (TPSA) is 42.7 Å². The van der Waals surface area contributed by atoms with E-state index in [1.165, 1.54) is 0 Å². The molecule has 0 unspecified atom stereocenters. The molecular formula is C16H23ClN4. The van der Waals surface area contributed by atoms with Crippen LogP contribution < -0.4 is 5.32 Å². The highest BCUT2D eigenvalue weighted by molar-refractivity contribution is 6.31. The molecule has 0 fully saturated rings. The van der Waals surface area contributed by atoms with Crippen molar-refractivity contribution in [2.45, 2.75) is 40.2 Å². The summed E-state index contributed by atoms with van der Waals surface area (Å²) in [5, 5.41) is 8.60. The largest absolute Gasteiger partial charge is 0.311 e. The lowest BCUT2D eigenvalue weighted by atomic mass is 10.1. The van der Waals surface area contributed by atoms with E-state index in [9.17, 15) is 0 Å². The molecule has 21 heavy (non-hydrogen) atoms. The Hall–Kier alpha value is -1.39. The Bertz CT molecular complexity index is 590. The highest BCUT2D eigenvalue weighted by atomic mass is 35.5. The maximum Gasteiger partial charge on any atom is 0.153 e. The van der Waals surface area contributed by atoms with E-state index in [0.717, 1.165) is 23.8 Å². The van der Waals surface area contributed by atoms with E-state index in [-0.39, 0.29) is 0 Å². The molecule has 0 aliphatic heterocycles. The minimum atomic E-state index is 0.408. The van der Waals surface area contributed by atoms with Gasteiger partial charge in [0.1, 0.15) is 0 Å². The predicted molar refractivity (Wildman–Crippen MR) is 87.0 cm³/mol. The third-order valence-electron chi connectivity index (χ3n) is 3.18. The van der Waals surface area contributed by atoms with E-state index in [4.69, 9.17) is 11.6 Å². The normalized spacial score (nSPS) is 11.6. The van der Waals surface area contributed by atoms with Crippen molar-refractivity contribution in [3.05, 3.63) is 40.8 Å². The third-order valence-corrected chi connectivity index (χ3v) is 3.53. The highest BCUT2D eigenvalue weighted by Crippen LogP contribution is 2.18. The number of rotatable bonds is 6. The number of halogens is 1. The van der Waals surface area contributed by atoms with Crippen LogP contribution in [0.5, 0.6) is 0 Å². The van der Waals surface area contributed by atoms with Gasteiger partial charge in [-0.2, -0.15) is 5.10 Å². The van der Waals surface area contributed by atoms with Crippen molar-refractivity contribution in [2.75, 3.05) is 6.54 Å². The SMILES string of the molecule is CC(C)CNCc1nc(-n2ccc(C(C)C)n2)ccc1Cl. The highest BCUT2D eigenvalue weighted by Gasteiger charge is 2.09. The van der Waals surface area contributed by atoms with E-state index in [1.54, 1.807) is 4.68 Å². The molecule has 0 aliphatic rings. The Morgan fingerprint density at radius 2 is 1.95 bits per heavy atom. The zero-order valence-electron chi connectivity index (χ0n) is 13.1. The molecule has 2 aromatic rings. The van der Waals surface area contributed by atoms with Crippen LogP contribution >= 0.6 is 11.6 Å². The summed E-state index contributed by atoms with van der Waals surface area (Å²) in [6.07, 6.45) is 1.94. The Balaban J connectivity index is 2.16. The number of aromatic nitrogens is 3. The lowest BCUT2D eigenvalue weighted by Crippen LogP contribution is -2.20. The maximum absolute atomic E-state index is 6.22. The summed E-state index contributed by atoms with van der Waals surface area (Å²) in [6.45, 7) is 10.2. The van der Waals surface area contributed by atoms with Crippen LogP contribution in [-0.2, 0) is 6.54 Å². The van der Waals surface area contributed by atoms with Gasteiger partial charge in [0.25, 0.3) is 0 Å². The average Bonchev–Trinajstić information content (AvgIpc) is 2.90. The molecule has 2 aromatic heterocycles. The standard InChI is InChI=1S/C16H23ClN4/c1-11(2)9-18-10-15-13(17)5-6-16(19-15)21-8-7-14(20-21)12(3)4/h5-8,11-12,18H,9-10H2,1-4H3. The van der Waals surface area contributed by atoms with Crippen LogP contribution in [-0.4, -0.2) is 21.3 Å². The van der Waals surface area contributed by atoms with Gasteiger partial charge in [-0.3, -0.25) is 0 Å². The molecule has 0 saturated heterocycles. The fraction of sp³-hybridized carbons (Fsp3) is 0.500. The molecule has 0 spiro atoms. The first kappa shape index (κ1) is 16.0. The number of hydrogen-bond donors (Lipinski definition) is 1. The maximum atomic E-state index is 6.22. The molecule has 2 rings (SSSR count). The molecule has 2 heterocycles. The van der Waals surface area contributed by atoms with Gasteiger partial charge in [-0.1, -0.05) is 39.3 Å². The predicted octanol–water partition coefficient (Wildman–Crippen LogP) is 3.79. The van der Waals surface area contributed by atoms with Gasteiger partial charge in [0, 0.05) is 12.7 Å². The molecule has 0 bridgehead atoms. The third kappa shape index (κ3) is 4.29. The van der Waals surface area contributed by atoms with Crippen molar-refractivity contribution in [1.29, 1.82) is 0 Å². The van der Waals surface area contributed by atoms with Crippen molar-refractivity contribution in [2.24, 2.45) is 5.92 Å². The van der Waals surface area contributed by atoms with E-state index >= 15 is 0 Å². The first-order chi connectivity index (χ1) is 9.97. The van der Waals surface area contributed by atoms with E-state index in [2.05, 4.69) is 43.1 Å². The zero-order chi connectivity index (χ0) is 15.4. The van der Waals surface area contributed by atoms with Crippen molar-refractivity contribution in [3.63, 3.8) is 0 Å². The minimum Gasteiger partial charge on any atom is -0.311 e. The molecule has 114 valence electrons. The van der Waals surface area contributed by atoms with Gasteiger partial charge in [0.15, 0.2) is 5.82 Å². The summed E-state index contributed by atoms with van der Waals surface area (Å²) in [7, 11) is 0. The molecule has 5 heteroatoms. The molecular weight excluding hydrogens is 284 g/mol. The monoisotopic (exact) mass is 306 g/mol. The Kier molecular flexibility index (Phi) is 5.37. The summed E-state index contributed by atoms with van der Waals surface area (Å²) < 4.78 is 1.80. The van der Waals surface area contributed by atoms with Gasteiger partial charge >= 0.3 is 0 Å². The average molecular weight is 307 g/mol. The van der Waals surface area contributed by atoms with Crippen LogP contribution in [0.3, 0.4) is 0 Å². The van der Waals surface area contributed by atoms with Crippen LogP contribution in [0.4, 0.5) is 0 Å². The van der Waals surface area contributed by atoms with Gasteiger partial charge in [-0.15, -0.1) is 0 Å². The Morgan fingerprint density at radius 1 is 1.19 bits per heavy atom. The summed E-state index contributed by atoms with van der Waals surface area (Å²) in [5.74, 6) is 1.81. The van der Waals surface area contributed by atoms with Crippen LogP contribution in [0.15, 0.2) is 24.4 Å². The molecule has 0 aliphatic carbocycles. The van der Waals surface area contributed by atoms with Gasteiger partial charge < -0.3 is 5.32 Å². The zero-order valence-corrected chi connectivity index (χ0v) is 13.9. The number of hydrogen-bond acceptors (Lipinski definition) is 3. The smallest absolute Gasteiger partial charge is 0.153 e.